The van der Waals surface area contributed by atoms with Crippen LogP contribution in [-0.2, 0) is 0 Å². The highest BCUT2D eigenvalue weighted by Crippen LogP contribution is 2.24. The lowest BCUT2D eigenvalue weighted by molar-refractivity contribution is 0.599. The highest BCUT2D eigenvalue weighted by molar-refractivity contribution is 7.08. The molecule has 3 aromatic rings. The third-order valence-corrected chi connectivity index (χ3v) is 3.71. The fraction of sp³-hybridized carbons (Fsp3) is 0.0714. The number of benzene rings is 1. The van der Waals surface area contributed by atoms with Gasteiger partial charge in [-0.3, -0.25) is 5.84 Å². The first-order valence-corrected chi connectivity index (χ1v) is 6.92. The largest absolute Gasteiger partial charge is 0.271 e. The molecule has 0 amide bonds. The molecule has 1 unspecified atom stereocenters. The molecular formula is C14H14N4S. The van der Waals surface area contributed by atoms with Crippen molar-refractivity contribution in [2.24, 2.45) is 5.84 Å². The molecule has 0 spiro atoms. The van der Waals surface area contributed by atoms with E-state index in [-0.39, 0.29) is 6.04 Å². The Balaban J connectivity index is 2.04. The van der Waals surface area contributed by atoms with Crippen molar-refractivity contribution in [2.45, 2.75) is 6.04 Å². The molecule has 0 fully saturated rings. The zero-order valence-corrected chi connectivity index (χ0v) is 11.0. The molecule has 0 saturated carbocycles. The Morgan fingerprint density at radius 1 is 1.16 bits per heavy atom. The third-order valence-electron chi connectivity index (χ3n) is 3.01. The summed E-state index contributed by atoms with van der Waals surface area (Å²) in [6.45, 7) is 0. The lowest BCUT2D eigenvalue weighted by Gasteiger charge is -2.16. The molecule has 3 N–H and O–H groups in total. The van der Waals surface area contributed by atoms with E-state index >= 15 is 0 Å². The Hall–Kier alpha value is -1.95. The molecule has 19 heavy (non-hydrogen) atoms. The Labute approximate surface area is 115 Å². The van der Waals surface area contributed by atoms with Gasteiger partial charge < -0.3 is 0 Å². The smallest absolute Gasteiger partial charge is 0.0890 e. The maximum atomic E-state index is 5.72. The maximum absolute atomic E-state index is 5.72. The van der Waals surface area contributed by atoms with Crippen LogP contribution in [0.1, 0.15) is 17.3 Å². The molecule has 3 rings (SSSR count). The second-order valence-corrected chi connectivity index (χ2v) is 4.94. The van der Waals surface area contributed by atoms with E-state index in [1.165, 1.54) is 0 Å². The maximum Gasteiger partial charge on any atom is 0.0890 e. The van der Waals surface area contributed by atoms with Crippen LogP contribution in [0.3, 0.4) is 0 Å². The van der Waals surface area contributed by atoms with Crippen molar-refractivity contribution in [2.75, 3.05) is 0 Å². The van der Waals surface area contributed by atoms with Gasteiger partial charge in [0, 0.05) is 6.20 Å². The quantitative estimate of drug-likeness (QED) is 0.565. The van der Waals surface area contributed by atoms with Gasteiger partial charge >= 0.3 is 0 Å². The molecule has 0 saturated heterocycles. The minimum absolute atomic E-state index is 0.0612. The molecule has 0 radical (unpaired) electrons. The number of nitrogens with zero attached hydrogens (tertiary/aromatic N) is 2. The van der Waals surface area contributed by atoms with Crippen LogP contribution in [0.25, 0.3) is 5.69 Å². The van der Waals surface area contributed by atoms with Gasteiger partial charge in [-0.15, -0.1) is 0 Å². The SMILES string of the molecule is NNC(c1ccsc1)c1ccnn1-c1ccccc1. The summed E-state index contributed by atoms with van der Waals surface area (Å²) in [5.74, 6) is 5.72. The van der Waals surface area contributed by atoms with Gasteiger partial charge in [0.15, 0.2) is 0 Å². The first-order chi connectivity index (χ1) is 9.40. The molecule has 2 aromatic heterocycles. The predicted octanol–water partition coefficient (Wildman–Crippen LogP) is 2.49. The lowest BCUT2D eigenvalue weighted by Crippen LogP contribution is -2.30. The zero-order chi connectivity index (χ0) is 13.1. The highest BCUT2D eigenvalue weighted by atomic mass is 32.1. The Bertz CT molecular complexity index is 631. The number of para-hydroxylation sites is 1. The number of nitrogens with two attached hydrogens (primary N) is 1. The van der Waals surface area contributed by atoms with E-state index in [0.717, 1.165) is 16.9 Å². The van der Waals surface area contributed by atoms with Crippen LogP contribution < -0.4 is 11.3 Å². The summed E-state index contributed by atoms with van der Waals surface area (Å²) in [5.41, 5.74) is 6.05. The van der Waals surface area contributed by atoms with Gasteiger partial charge in [-0.05, 0) is 40.6 Å². The second kappa shape index (κ2) is 5.36. The van der Waals surface area contributed by atoms with E-state index in [1.54, 1.807) is 17.5 Å². The van der Waals surface area contributed by atoms with Crippen LogP contribution in [0, 0.1) is 0 Å². The van der Waals surface area contributed by atoms with Gasteiger partial charge in [-0.1, -0.05) is 18.2 Å². The summed E-state index contributed by atoms with van der Waals surface area (Å²) in [6.07, 6.45) is 1.79. The number of thiophene rings is 1. The highest BCUT2D eigenvalue weighted by Gasteiger charge is 2.17. The summed E-state index contributed by atoms with van der Waals surface area (Å²) < 4.78 is 1.90. The molecule has 5 heteroatoms. The van der Waals surface area contributed by atoms with Crippen molar-refractivity contribution in [3.05, 3.63) is 70.7 Å². The standard InChI is InChI=1S/C14H14N4S/c15-17-14(11-7-9-19-10-11)13-6-8-16-18(13)12-4-2-1-3-5-12/h1-10,14,17H,15H2. The Morgan fingerprint density at radius 2 is 2.00 bits per heavy atom. The summed E-state index contributed by atoms with van der Waals surface area (Å²) in [7, 11) is 0. The molecule has 4 nitrogen and oxygen atoms in total. The van der Waals surface area contributed by atoms with Crippen molar-refractivity contribution in [3.63, 3.8) is 0 Å². The molecule has 96 valence electrons. The van der Waals surface area contributed by atoms with Crippen LogP contribution in [0.4, 0.5) is 0 Å². The second-order valence-electron chi connectivity index (χ2n) is 4.16. The van der Waals surface area contributed by atoms with Crippen LogP contribution in [0.15, 0.2) is 59.4 Å². The Kier molecular flexibility index (Phi) is 3.41. The fourth-order valence-electron chi connectivity index (χ4n) is 2.11. The number of hydrogen-bond donors (Lipinski definition) is 2. The van der Waals surface area contributed by atoms with Crippen molar-refractivity contribution in [1.82, 2.24) is 15.2 Å². The molecule has 1 aromatic carbocycles. The topological polar surface area (TPSA) is 55.9 Å². The van der Waals surface area contributed by atoms with Crippen molar-refractivity contribution in [1.29, 1.82) is 0 Å². The first-order valence-electron chi connectivity index (χ1n) is 5.97. The summed E-state index contributed by atoms with van der Waals surface area (Å²) >= 11 is 1.66. The van der Waals surface area contributed by atoms with Crippen molar-refractivity contribution >= 4 is 11.3 Å². The zero-order valence-electron chi connectivity index (χ0n) is 10.2. The van der Waals surface area contributed by atoms with E-state index in [4.69, 9.17) is 5.84 Å². The van der Waals surface area contributed by atoms with Gasteiger partial charge in [0.1, 0.15) is 0 Å². The lowest BCUT2D eigenvalue weighted by atomic mass is 10.1. The molecular weight excluding hydrogens is 256 g/mol. The molecule has 0 aliphatic rings. The predicted molar refractivity (Wildman–Crippen MR) is 77.0 cm³/mol. The van der Waals surface area contributed by atoms with Crippen LogP contribution in [0.2, 0.25) is 0 Å². The third kappa shape index (κ3) is 2.31. The molecule has 0 aliphatic carbocycles. The van der Waals surface area contributed by atoms with Gasteiger partial charge in [-0.25, -0.2) is 10.1 Å². The van der Waals surface area contributed by atoms with Crippen LogP contribution in [0.5, 0.6) is 0 Å². The number of rotatable bonds is 4. The Morgan fingerprint density at radius 3 is 2.68 bits per heavy atom. The van der Waals surface area contributed by atoms with Gasteiger partial charge in [0.2, 0.25) is 0 Å². The number of aromatic nitrogens is 2. The van der Waals surface area contributed by atoms with E-state index < -0.39 is 0 Å². The van der Waals surface area contributed by atoms with Crippen LogP contribution >= 0.6 is 11.3 Å². The van der Waals surface area contributed by atoms with Gasteiger partial charge in [0.05, 0.1) is 17.4 Å². The average molecular weight is 270 g/mol. The van der Waals surface area contributed by atoms with E-state index in [1.807, 2.05) is 46.5 Å². The fourth-order valence-corrected chi connectivity index (χ4v) is 2.79. The molecule has 2 heterocycles. The summed E-state index contributed by atoms with van der Waals surface area (Å²) in [6, 6.07) is 14.0. The molecule has 0 bridgehead atoms. The van der Waals surface area contributed by atoms with Crippen LogP contribution in [-0.4, -0.2) is 9.78 Å². The van der Waals surface area contributed by atoms with Gasteiger partial charge in [-0.2, -0.15) is 16.4 Å². The van der Waals surface area contributed by atoms with Crippen molar-refractivity contribution < 1.29 is 0 Å². The summed E-state index contributed by atoms with van der Waals surface area (Å²) in [5, 5.41) is 8.52. The minimum atomic E-state index is -0.0612. The molecule has 0 aliphatic heterocycles. The van der Waals surface area contributed by atoms with E-state index in [9.17, 15) is 0 Å². The normalized spacial score (nSPS) is 12.5. The first kappa shape index (κ1) is 12.1. The number of nitrogens with one attached hydrogen (secondary N) is 1. The minimum Gasteiger partial charge on any atom is -0.271 e. The average Bonchev–Trinajstić information content (AvgIpc) is 3.12. The number of hydrazine groups is 1. The van der Waals surface area contributed by atoms with E-state index in [0.29, 0.717) is 0 Å². The van der Waals surface area contributed by atoms with Crippen molar-refractivity contribution in [3.8, 4) is 5.69 Å². The summed E-state index contributed by atoms with van der Waals surface area (Å²) in [4.78, 5) is 0. The van der Waals surface area contributed by atoms with Gasteiger partial charge in [0.25, 0.3) is 0 Å². The monoisotopic (exact) mass is 270 g/mol. The number of hydrogen-bond acceptors (Lipinski definition) is 4. The molecule has 1 atom stereocenters. The van der Waals surface area contributed by atoms with E-state index in [2.05, 4.69) is 22.0 Å².